The molecule has 116 valence electrons. The minimum absolute atomic E-state index is 0.185. The van der Waals surface area contributed by atoms with Gasteiger partial charge in [0.1, 0.15) is 5.82 Å². The lowest BCUT2D eigenvalue weighted by Gasteiger charge is -2.12. The molecule has 3 N–H and O–H groups in total. The summed E-state index contributed by atoms with van der Waals surface area (Å²) in [4.78, 5) is 15.8. The van der Waals surface area contributed by atoms with Gasteiger partial charge >= 0.3 is 0 Å². The highest BCUT2D eigenvalue weighted by Crippen LogP contribution is 2.15. The van der Waals surface area contributed by atoms with Crippen molar-refractivity contribution in [3.8, 4) is 5.69 Å². The molecule has 1 aliphatic heterocycles. The summed E-state index contributed by atoms with van der Waals surface area (Å²) in [7, 11) is 0. The number of nitrogens with one attached hydrogen (secondary N) is 2. The first-order valence-corrected chi connectivity index (χ1v) is 7.09. The van der Waals surface area contributed by atoms with E-state index >= 15 is 0 Å². The van der Waals surface area contributed by atoms with Crippen LogP contribution in [0.2, 0.25) is 0 Å². The zero-order valence-corrected chi connectivity index (χ0v) is 11.9. The minimum atomic E-state index is -0.484. The van der Waals surface area contributed by atoms with Crippen LogP contribution < -0.4 is 10.6 Å². The number of carbonyl (C=O) groups excluding carboxylic acids is 1. The number of nitrogens with zero attached hydrogens (tertiary/aromatic N) is 2. The number of β-amino-alcohol motifs (C(OH)–C–C–N with tert-alkyl or cyclic N) is 1. The molecular weight excluding hydrogens is 287 g/mol. The van der Waals surface area contributed by atoms with Gasteiger partial charge in [-0.15, -0.1) is 0 Å². The number of carbonyl (C=O) groups is 1. The van der Waals surface area contributed by atoms with E-state index in [0.717, 1.165) is 0 Å². The molecule has 2 atom stereocenters. The van der Waals surface area contributed by atoms with Crippen LogP contribution in [0.3, 0.4) is 0 Å². The Morgan fingerprint density at radius 1 is 1.55 bits per heavy atom. The predicted molar refractivity (Wildman–Crippen MR) is 77.8 cm³/mol. The first-order chi connectivity index (χ1) is 10.6. The third kappa shape index (κ3) is 3.15. The molecule has 1 fully saturated rings. The summed E-state index contributed by atoms with van der Waals surface area (Å²) in [5.74, 6) is -0.560. The maximum absolute atomic E-state index is 14.1. The molecule has 22 heavy (non-hydrogen) atoms. The van der Waals surface area contributed by atoms with E-state index < -0.39 is 6.10 Å². The van der Waals surface area contributed by atoms with Gasteiger partial charge in [-0.25, -0.2) is 9.37 Å². The first-order valence-electron chi connectivity index (χ1n) is 7.09. The van der Waals surface area contributed by atoms with E-state index in [1.54, 1.807) is 29.1 Å². The molecule has 3 rings (SSSR count). The fourth-order valence-electron chi connectivity index (χ4n) is 2.50. The molecule has 0 saturated carbocycles. The van der Waals surface area contributed by atoms with Gasteiger partial charge in [0.2, 0.25) is 5.91 Å². The lowest BCUT2D eigenvalue weighted by molar-refractivity contribution is -0.123. The Morgan fingerprint density at radius 2 is 2.41 bits per heavy atom. The minimum Gasteiger partial charge on any atom is -0.392 e. The van der Waals surface area contributed by atoms with Gasteiger partial charge in [-0.1, -0.05) is 6.07 Å². The van der Waals surface area contributed by atoms with E-state index in [0.29, 0.717) is 24.2 Å². The maximum Gasteiger partial charge on any atom is 0.237 e. The van der Waals surface area contributed by atoms with Gasteiger partial charge in [0, 0.05) is 25.5 Å². The highest BCUT2D eigenvalue weighted by Gasteiger charge is 2.27. The molecular formula is C15H17FN4O2. The van der Waals surface area contributed by atoms with Crippen LogP contribution in [0.25, 0.3) is 5.69 Å². The third-order valence-electron chi connectivity index (χ3n) is 3.69. The molecule has 7 heteroatoms. The monoisotopic (exact) mass is 304 g/mol. The fraction of sp³-hybridized carbons (Fsp3) is 0.333. The van der Waals surface area contributed by atoms with Gasteiger partial charge in [-0.3, -0.25) is 4.79 Å². The van der Waals surface area contributed by atoms with E-state index in [9.17, 15) is 14.3 Å². The van der Waals surface area contributed by atoms with Gasteiger partial charge in [0.25, 0.3) is 0 Å². The summed E-state index contributed by atoms with van der Waals surface area (Å²) in [5, 5.41) is 15.1. The number of halogens is 1. The molecule has 1 aliphatic rings. The zero-order chi connectivity index (χ0) is 15.5. The average molecular weight is 304 g/mol. The Hall–Kier alpha value is -2.25. The van der Waals surface area contributed by atoms with Crippen molar-refractivity contribution in [2.24, 2.45) is 0 Å². The molecule has 6 nitrogen and oxygen atoms in total. The van der Waals surface area contributed by atoms with Gasteiger partial charge in [-0.2, -0.15) is 0 Å². The van der Waals surface area contributed by atoms with Crippen LogP contribution in [0.5, 0.6) is 0 Å². The molecule has 1 aromatic heterocycles. The molecule has 0 radical (unpaired) electrons. The van der Waals surface area contributed by atoms with Crippen LogP contribution >= 0.6 is 0 Å². The summed E-state index contributed by atoms with van der Waals surface area (Å²) in [6.07, 6.45) is 4.69. The normalized spacial score (nSPS) is 21.0. The van der Waals surface area contributed by atoms with E-state index in [4.69, 9.17) is 0 Å². The molecule has 1 amide bonds. The highest BCUT2D eigenvalue weighted by atomic mass is 19.1. The standard InChI is InChI=1S/C15H17FN4O2/c16-12-5-10(1-2-14(12)20-4-3-17-9-20)7-19-15(22)13-6-11(21)8-18-13/h1-5,9,11,13,18,21H,6-8H2,(H,19,22)/t11-,13+/m0/s1. The predicted octanol–water partition coefficient (Wildman–Crippen LogP) is 0.350. The number of imidazole rings is 1. The van der Waals surface area contributed by atoms with Crippen molar-refractivity contribution in [2.45, 2.75) is 25.1 Å². The van der Waals surface area contributed by atoms with Crippen LogP contribution in [0.1, 0.15) is 12.0 Å². The summed E-state index contributed by atoms with van der Waals surface area (Å²) in [6, 6.07) is 4.42. The number of hydrogen-bond acceptors (Lipinski definition) is 4. The topological polar surface area (TPSA) is 79.2 Å². The van der Waals surface area contributed by atoms with Gasteiger partial charge < -0.3 is 20.3 Å². The quantitative estimate of drug-likeness (QED) is 0.761. The second-order valence-electron chi connectivity index (χ2n) is 5.32. The number of aliphatic hydroxyl groups excluding tert-OH is 1. The Kier molecular flexibility index (Phi) is 4.17. The molecule has 0 bridgehead atoms. The molecule has 2 heterocycles. The van der Waals surface area contributed by atoms with Crippen molar-refractivity contribution in [3.05, 3.63) is 48.3 Å². The number of rotatable bonds is 4. The fourth-order valence-corrected chi connectivity index (χ4v) is 2.50. The maximum atomic E-state index is 14.1. The largest absolute Gasteiger partial charge is 0.392 e. The number of aliphatic hydroxyl groups is 1. The number of benzene rings is 1. The number of hydrogen-bond donors (Lipinski definition) is 3. The van der Waals surface area contributed by atoms with Gasteiger partial charge in [-0.05, 0) is 24.1 Å². The summed E-state index contributed by atoms with van der Waals surface area (Å²) < 4.78 is 15.7. The second-order valence-corrected chi connectivity index (χ2v) is 5.32. The van der Waals surface area contributed by atoms with E-state index in [1.165, 1.54) is 12.4 Å². The Morgan fingerprint density at radius 3 is 3.05 bits per heavy atom. The van der Waals surface area contributed by atoms with E-state index in [-0.39, 0.29) is 24.3 Å². The van der Waals surface area contributed by atoms with Crippen LogP contribution in [-0.4, -0.2) is 39.3 Å². The van der Waals surface area contributed by atoms with Gasteiger partial charge in [0.15, 0.2) is 0 Å². The third-order valence-corrected chi connectivity index (χ3v) is 3.69. The SMILES string of the molecule is O=C(NCc1ccc(-n2ccnc2)c(F)c1)[C@H]1C[C@H](O)CN1. The molecule has 0 spiro atoms. The van der Waals surface area contributed by atoms with Crippen molar-refractivity contribution < 1.29 is 14.3 Å². The van der Waals surface area contributed by atoms with Gasteiger partial charge in [0.05, 0.1) is 24.2 Å². The summed E-state index contributed by atoms with van der Waals surface area (Å²) in [6.45, 7) is 0.667. The Balaban J connectivity index is 1.61. The Bertz CT molecular complexity index is 660. The van der Waals surface area contributed by atoms with Crippen LogP contribution in [0.15, 0.2) is 36.9 Å². The average Bonchev–Trinajstić information content (AvgIpc) is 3.16. The Labute approximate surface area is 127 Å². The van der Waals surface area contributed by atoms with Crippen LogP contribution in [0.4, 0.5) is 4.39 Å². The molecule has 2 aromatic rings. The molecule has 0 aliphatic carbocycles. The highest BCUT2D eigenvalue weighted by molar-refractivity contribution is 5.82. The lowest BCUT2D eigenvalue weighted by atomic mass is 10.1. The number of amides is 1. The van der Waals surface area contributed by atoms with Crippen molar-refractivity contribution in [3.63, 3.8) is 0 Å². The molecule has 1 aromatic carbocycles. The summed E-state index contributed by atoms with van der Waals surface area (Å²) >= 11 is 0. The van der Waals surface area contributed by atoms with Crippen molar-refractivity contribution in [1.29, 1.82) is 0 Å². The zero-order valence-electron chi connectivity index (χ0n) is 11.9. The smallest absolute Gasteiger partial charge is 0.237 e. The van der Waals surface area contributed by atoms with Crippen molar-refractivity contribution >= 4 is 5.91 Å². The second kappa shape index (κ2) is 6.25. The number of aromatic nitrogens is 2. The molecule has 0 unspecified atom stereocenters. The summed E-state index contributed by atoms with van der Waals surface area (Å²) in [5.41, 5.74) is 1.08. The van der Waals surface area contributed by atoms with E-state index in [2.05, 4.69) is 15.6 Å². The molecule has 1 saturated heterocycles. The first kappa shape index (κ1) is 14.7. The van der Waals surface area contributed by atoms with Crippen molar-refractivity contribution in [2.75, 3.05) is 6.54 Å². The van der Waals surface area contributed by atoms with Crippen molar-refractivity contribution in [1.82, 2.24) is 20.2 Å². The van der Waals surface area contributed by atoms with E-state index in [1.807, 2.05) is 0 Å². The van der Waals surface area contributed by atoms with Crippen LogP contribution in [0, 0.1) is 5.82 Å². The lowest BCUT2D eigenvalue weighted by Crippen LogP contribution is -2.40. The van der Waals surface area contributed by atoms with Crippen LogP contribution in [-0.2, 0) is 11.3 Å².